The average Bonchev–Trinajstić information content (AvgIpc) is 3.10. The molecule has 1 atom stereocenters. The average molecular weight is 396 g/mol. The van der Waals surface area contributed by atoms with Crippen LogP contribution in [0.15, 0.2) is 30.3 Å². The first-order valence-corrected chi connectivity index (χ1v) is 9.45. The van der Waals surface area contributed by atoms with E-state index in [1.807, 2.05) is 39.0 Å². The second-order valence-electron chi connectivity index (χ2n) is 6.65. The number of H-pyrrole nitrogens is 1. The Morgan fingerprint density at radius 3 is 2.82 bits per heavy atom. The van der Waals surface area contributed by atoms with E-state index in [1.54, 1.807) is 25.3 Å². The van der Waals surface area contributed by atoms with Crippen LogP contribution < -0.4 is 9.47 Å². The van der Waals surface area contributed by atoms with Crippen LogP contribution in [0.4, 0.5) is 0 Å². The number of benzene rings is 2. The molecule has 0 fully saturated rings. The highest BCUT2D eigenvalue weighted by Crippen LogP contribution is 2.38. The van der Waals surface area contributed by atoms with Crippen LogP contribution in [0.25, 0.3) is 22.7 Å². The van der Waals surface area contributed by atoms with Crippen LogP contribution in [0.3, 0.4) is 0 Å². The Balaban J connectivity index is 2.02. The SMILES string of the molecule is CCC(C)Oc1c(Cl)cc(C=C(C#N)c2nc3ccc(C)cc3[nH]2)cc1OC. The molecule has 0 radical (unpaired) electrons. The molecule has 28 heavy (non-hydrogen) atoms. The third-order valence-corrected chi connectivity index (χ3v) is 4.75. The highest BCUT2D eigenvalue weighted by molar-refractivity contribution is 6.32. The van der Waals surface area contributed by atoms with Crippen molar-refractivity contribution in [3.05, 3.63) is 52.3 Å². The maximum Gasteiger partial charge on any atom is 0.180 e. The van der Waals surface area contributed by atoms with E-state index in [0.717, 1.165) is 28.6 Å². The van der Waals surface area contributed by atoms with Crippen molar-refractivity contribution in [2.24, 2.45) is 0 Å². The predicted octanol–water partition coefficient (Wildman–Crippen LogP) is 5.77. The van der Waals surface area contributed by atoms with E-state index in [0.29, 0.717) is 27.9 Å². The Hall–Kier alpha value is -2.97. The van der Waals surface area contributed by atoms with E-state index in [4.69, 9.17) is 21.1 Å². The van der Waals surface area contributed by atoms with Gasteiger partial charge in [-0.05, 0) is 61.7 Å². The summed E-state index contributed by atoms with van der Waals surface area (Å²) < 4.78 is 11.3. The Bertz CT molecular complexity index is 1080. The standard InChI is InChI=1S/C22H22ClN3O2/c1-5-14(3)28-21-17(23)10-15(11-20(21)27-4)9-16(12-24)22-25-18-7-6-13(2)8-19(18)26-22/h6-11,14H,5H2,1-4H3,(H,25,26). The second-order valence-corrected chi connectivity index (χ2v) is 7.05. The normalized spacial score (nSPS) is 12.6. The quantitative estimate of drug-likeness (QED) is 0.537. The number of fused-ring (bicyclic) bond motifs is 1. The van der Waals surface area contributed by atoms with Crippen molar-refractivity contribution >= 4 is 34.3 Å². The summed E-state index contributed by atoms with van der Waals surface area (Å²) in [4.78, 5) is 7.72. The number of allylic oxidation sites excluding steroid dienone is 1. The summed E-state index contributed by atoms with van der Waals surface area (Å²) in [6, 6.07) is 11.7. The van der Waals surface area contributed by atoms with Crippen LogP contribution in [-0.4, -0.2) is 23.2 Å². The molecular formula is C22H22ClN3O2. The van der Waals surface area contributed by atoms with Crippen LogP contribution in [0.1, 0.15) is 37.2 Å². The van der Waals surface area contributed by atoms with Gasteiger partial charge in [-0.3, -0.25) is 0 Å². The molecule has 0 aliphatic rings. The number of methoxy groups -OCH3 is 1. The van der Waals surface area contributed by atoms with E-state index < -0.39 is 0 Å². The lowest BCUT2D eigenvalue weighted by Crippen LogP contribution is -2.11. The molecule has 1 aromatic heterocycles. The molecule has 6 heteroatoms. The number of hydrogen-bond donors (Lipinski definition) is 1. The third kappa shape index (κ3) is 4.13. The second kappa shape index (κ2) is 8.37. The van der Waals surface area contributed by atoms with Crippen molar-refractivity contribution in [2.75, 3.05) is 7.11 Å². The number of halogens is 1. The molecule has 0 aliphatic heterocycles. The minimum Gasteiger partial charge on any atom is -0.493 e. The molecule has 0 saturated carbocycles. The Morgan fingerprint density at radius 2 is 2.14 bits per heavy atom. The molecule has 1 unspecified atom stereocenters. The van der Waals surface area contributed by atoms with Gasteiger partial charge in [-0.2, -0.15) is 5.26 Å². The number of nitriles is 1. The summed E-state index contributed by atoms with van der Waals surface area (Å²) in [6.07, 6.45) is 2.60. The molecule has 3 aromatic rings. The summed E-state index contributed by atoms with van der Waals surface area (Å²) in [5.74, 6) is 1.54. The zero-order valence-electron chi connectivity index (χ0n) is 16.3. The fraction of sp³-hybridized carbons (Fsp3) is 0.273. The first kappa shape index (κ1) is 19.8. The van der Waals surface area contributed by atoms with Crippen molar-refractivity contribution in [3.8, 4) is 17.6 Å². The van der Waals surface area contributed by atoms with Gasteiger partial charge in [0.05, 0.1) is 34.8 Å². The molecule has 5 nitrogen and oxygen atoms in total. The zero-order chi connectivity index (χ0) is 20.3. The lowest BCUT2D eigenvalue weighted by Gasteiger charge is -2.17. The first-order valence-electron chi connectivity index (χ1n) is 9.07. The molecule has 144 valence electrons. The fourth-order valence-electron chi connectivity index (χ4n) is 2.79. The molecule has 1 heterocycles. The van der Waals surface area contributed by atoms with Crippen molar-refractivity contribution < 1.29 is 9.47 Å². The van der Waals surface area contributed by atoms with Gasteiger partial charge in [0.2, 0.25) is 0 Å². The van der Waals surface area contributed by atoms with E-state index >= 15 is 0 Å². The topological polar surface area (TPSA) is 70.9 Å². The Kier molecular flexibility index (Phi) is 5.91. The number of nitrogens with one attached hydrogen (secondary N) is 1. The molecular weight excluding hydrogens is 374 g/mol. The highest BCUT2D eigenvalue weighted by Gasteiger charge is 2.15. The summed E-state index contributed by atoms with van der Waals surface area (Å²) in [5, 5.41) is 10.1. The third-order valence-electron chi connectivity index (χ3n) is 4.47. The van der Waals surface area contributed by atoms with Crippen molar-refractivity contribution in [1.29, 1.82) is 5.26 Å². The number of nitrogens with zero attached hydrogens (tertiary/aromatic N) is 2. The molecule has 2 aromatic carbocycles. The minimum atomic E-state index is 0.0152. The summed E-state index contributed by atoms with van der Waals surface area (Å²) in [6.45, 7) is 6.02. The maximum atomic E-state index is 9.65. The minimum absolute atomic E-state index is 0.0152. The number of aromatic amines is 1. The van der Waals surface area contributed by atoms with Gasteiger partial charge < -0.3 is 14.5 Å². The molecule has 1 N–H and O–H groups in total. The first-order chi connectivity index (χ1) is 13.4. The molecule has 0 aliphatic carbocycles. The molecule has 0 spiro atoms. The van der Waals surface area contributed by atoms with Crippen LogP contribution in [0, 0.1) is 18.3 Å². The van der Waals surface area contributed by atoms with E-state index in [2.05, 4.69) is 16.0 Å². The maximum absolute atomic E-state index is 9.65. The van der Waals surface area contributed by atoms with Crippen molar-refractivity contribution in [3.63, 3.8) is 0 Å². The Labute approximate surface area is 169 Å². The van der Waals surface area contributed by atoms with Crippen LogP contribution in [0.5, 0.6) is 11.5 Å². The molecule has 0 saturated heterocycles. The van der Waals surface area contributed by atoms with E-state index in [9.17, 15) is 5.26 Å². The van der Waals surface area contributed by atoms with Crippen LogP contribution in [0.2, 0.25) is 5.02 Å². The van der Waals surface area contributed by atoms with Gasteiger partial charge in [-0.15, -0.1) is 0 Å². The van der Waals surface area contributed by atoms with Gasteiger partial charge in [0, 0.05) is 0 Å². The van der Waals surface area contributed by atoms with Gasteiger partial charge in [-0.1, -0.05) is 24.6 Å². The lowest BCUT2D eigenvalue weighted by atomic mass is 10.1. The summed E-state index contributed by atoms with van der Waals surface area (Å²) in [5.41, 5.74) is 3.96. The predicted molar refractivity (Wildman–Crippen MR) is 113 cm³/mol. The van der Waals surface area contributed by atoms with Crippen molar-refractivity contribution in [2.45, 2.75) is 33.3 Å². The van der Waals surface area contributed by atoms with Gasteiger partial charge in [0.1, 0.15) is 11.9 Å². The molecule has 0 bridgehead atoms. The lowest BCUT2D eigenvalue weighted by molar-refractivity contribution is 0.208. The van der Waals surface area contributed by atoms with Gasteiger partial charge >= 0.3 is 0 Å². The number of aryl methyl sites for hydroxylation is 1. The number of hydrogen-bond acceptors (Lipinski definition) is 4. The van der Waals surface area contributed by atoms with Crippen molar-refractivity contribution in [1.82, 2.24) is 9.97 Å². The molecule has 0 amide bonds. The summed E-state index contributed by atoms with van der Waals surface area (Å²) in [7, 11) is 1.56. The van der Waals surface area contributed by atoms with E-state index in [1.165, 1.54) is 0 Å². The monoisotopic (exact) mass is 395 g/mol. The smallest absolute Gasteiger partial charge is 0.180 e. The fourth-order valence-corrected chi connectivity index (χ4v) is 3.06. The van der Waals surface area contributed by atoms with Gasteiger partial charge in [-0.25, -0.2) is 4.98 Å². The number of ether oxygens (including phenoxy) is 2. The van der Waals surface area contributed by atoms with Crippen LogP contribution >= 0.6 is 11.6 Å². The zero-order valence-corrected chi connectivity index (χ0v) is 17.1. The number of imidazole rings is 1. The number of rotatable bonds is 6. The van der Waals surface area contributed by atoms with Gasteiger partial charge in [0.15, 0.2) is 11.5 Å². The number of aromatic nitrogens is 2. The highest BCUT2D eigenvalue weighted by atomic mass is 35.5. The summed E-state index contributed by atoms with van der Waals surface area (Å²) >= 11 is 6.43. The Morgan fingerprint density at radius 1 is 1.36 bits per heavy atom. The largest absolute Gasteiger partial charge is 0.493 e. The van der Waals surface area contributed by atoms with E-state index in [-0.39, 0.29) is 6.10 Å². The van der Waals surface area contributed by atoms with Gasteiger partial charge in [0.25, 0.3) is 0 Å². The molecule has 3 rings (SSSR count). The van der Waals surface area contributed by atoms with Crippen LogP contribution in [-0.2, 0) is 0 Å².